The molecule has 1 aliphatic heterocycles. The molecule has 0 saturated heterocycles. The second kappa shape index (κ2) is 7.67. The third kappa shape index (κ3) is 3.46. The maximum atomic E-state index is 6.24. The summed E-state index contributed by atoms with van der Waals surface area (Å²) < 4.78 is 11.8. The van der Waals surface area contributed by atoms with Crippen LogP contribution in [0.2, 0.25) is 0 Å². The van der Waals surface area contributed by atoms with Crippen LogP contribution >= 0.6 is 11.8 Å². The van der Waals surface area contributed by atoms with Crippen molar-refractivity contribution in [2.75, 3.05) is 18.2 Å². The van der Waals surface area contributed by atoms with Gasteiger partial charge in [-0.15, -0.1) is 16.8 Å². The normalized spacial score (nSPS) is 14.8. The summed E-state index contributed by atoms with van der Waals surface area (Å²) in [7, 11) is 1.64. The smallest absolute Gasteiger partial charge is 0.247 e. The Bertz CT molecular complexity index is 980. The third-order valence-electron chi connectivity index (χ3n) is 4.09. The van der Waals surface area contributed by atoms with Crippen LogP contribution in [0.25, 0.3) is 11.3 Å². The molecule has 0 radical (unpaired) electrons. The van der Waals surface area contributed by atoms with Crippen LogP contribution in [0.15, 0.2) is 66.3 Å². The number of nitrogens with zero attached hydrogens (tertiary/aromatic N) is 3. The molecule has 0 aliphatic carbocycles. The summed E-state index contributed by atoms with van der Waals surface area (Å²) in [6, 6.07) is 15.6. The number of hydrogen-bond acceptors (Lipinski definition) is 7. The van der Waals surface area contributed by atoms with Crippen LogP contribution in [0.5, 0.6) is 11.6 Å². The average molecular weight is 378 g/mol. The summed E-state index contributed by atoms with van der Waals surface area (Å²) >= 11 is 1.46. The highest BCUT2D eigenvalue weighted by molar-refractivity contribution is 7.99. The highest BCUT2D eigenvalue weighted by Crippen LogP contribution is 2.40. The van der Waals surface area contributed by atoms with Gasteiger partial charge in [-0.2, -0.15) is 4.98 Å². The number of thioether (sulfide) groups is 1. The first-order chi connectivity index (χ1) is 13.3. The van der Waals surface area contributed by atoms with Crippen molar-refractivity contribution in [2.45, 2.75) is 11.4 Å². The molecule has 4 rings (SSSR count). The van der Waals surface area contributed by atoms with Crippen molar-refractivity contribution >= 4 is 17.4 Å². The number of aromatic nitrogens is 3. The lowest BCUT2D eigenvalue weighted by Gasteiger charge is -2.21. The fourth-order valence-corrected chi connectivity index (χ4v) is 3.38. The van der Waals surface area contributed by atoms with Crippen molar-refractivity contribution in [3.63, 3.8) is 0 Å². The van der Waals surface area contributed by atoms with Gasteiger partial charge in [-0.1, -0.05) is 48.2 Å². The van der Waals surface area contributed by atoms with Gasteiger partial charge in [0, 0.05) is 17.0 Å². The molecule has 27 heavy (non-hydrogen) atoms. The first-order valence-electron chi connectivity index (χ1n) is 8.44. The van der Waals surface area contributed by atoms with Crippen LogP contribution in [0, 0.1) is 0 Å². The topological polar surface area (TPSA) is 69.2 Å². The lowest BCUT2D eigenvalue weighted by atomic mass is 10.1. The predicted octanol–water partition coefficient (Wildman–Crippen LogP) is 4.33. The number of hydrogen-bond donors (Lipinski definition) is 1. The van der Waals surface area contributed by atoms with Crippen molar-refractivity contribution in [3.8, 4) is 22.9 Å². The van der Waals surface area contributed by atoms with E-state index in [1.54, 1.807) is 13.2 Å². The van der Waals surface area contributed by atoms with Crippen molar-refractivity contribution in [1.82, 2.24) is 15.2 Å². The minimum absolute atomic E-state index is 0.435. The number of fused-ring (bicyclic) bond motifs is 3. The van der Waals surface area contributed by atoms with Crippen molar-refractivity contribution in [1.29, 1.82) is 0 Å². The molecule has 136 valence electrons. The molecule has 0 saturated carbocycles. The van der Waals surface area contributed by atoms with Gasteiger partial charge in [0.25, 0.3) is 0 Å². The number of anilines is 1. The van der Waals surface area contributed by atoms with E-state index < -0.39 is 6.23 Å². The van der Waals surface area contributed by atoms with Gasteiger partial charge in [0.2, 0.25) is 17.3 Å². The van der Waals surface area contributed by atoms with Gasteiger partial charge in [-0.05, 0) is 18.2 Å². The number of rotatable bonds is 5. The molecule has 2 heterocycles. The summed E-state index contributed by atoms with van der Waals surface area (Å²) in [6.45, 7) is 3.73. The molecule has 1 N–H and O–H groups in total. The van der Waals surface area contributed by atoms with Gasteiger partial charge in [0.1, 0.15) is 5.75 Å². The van der Waals surface area contributed by atoms with Crippen molar-refractivity contribution in [2.24, 2.45) is 0 Å². The second-order valence-electron chi connectivity index (χ2n) is 5.78. The number of benzene rings is 2. The van der Waals surface area contributed by atoms with Crippen LogP contribution in [-0.2, 0) is 0 Å². The Morgan fingerprint density at radius 1 is 1.19 bits per heavy atom. The van der Waals surface area contributed by atoms with Gasteiger partial charge < -0.3 is 14.8 Å². The summed E-state index contributed by atoms with van der Waals surface area (Å²) in [5, 5.41) is 12.6. The summed E-state index contributed by atoms with van der Waals surface area (Å²) in [5.74, 6) is 1.87. The quantitative estimate of drug-likeness (QED) is 0.523. The summed E-state index contributed by atoms with van der Waals surface area (Å²) in [6.07, 6.45) is 1.33. The van der Waals surface area contributed by atoms with Gasteiger partial charge in [-0.3, -0.25) is 0 Å². The first kappa shape index (κ1) is 17.4. The van der Waals surface area contributed by atoms with Gasteiger partial charge >= 0.3 is 0 Å². The van der Waals surface area contributed by atoms with E-state index in [1.165, 1.54) is 11.8 Å². The lowest BCUT2D eigenvalue weighted by molar-refractivity contribution is 0.220. The Morgan fingerprint density at radius 3 is 2.85 bits per heavy atom. The maximum Gasteiger partial charge on any atom is 0.247 e. The molecule has 1 aromatic heterocycles. The SMILES string of the molecule is C=CCSc1nnc2c(n1)OC(c1ccccc1OC)Nc1ccccc1-2. The van der Waals surface area contributed by atoms with Crippen LogP contribution in [0.3, 0.4) is 0 Å². The van der Waals surface area contributed by atoms with Gasteiger partial charge in [-0.25, -0.2) is 0 Å². The number of ether oxygens (including phenoxy) is 2. The summed E-state index contributed by atoms with van der Waals surface area (Å²) in [4.78, 5) is 4.58. The zero-order chi connectivity index (χ0) is 18.6. The van der Waals surface area contributed by atoms with Crippen LogP contribution < -0.4 is 14.8 Å². The zero-order valence-corrected chi connectivity index (χ0v) is 15.6. The molecule has 3 aromatic rings. The standard InChI is InChI=1S/C20H18N4O2S/c1-3-12-27-20-22-19-17(23-24-20)13-8-4-6-10-15(13)21-18(26-19)14-9-5-7-11-16(14)25-2/h3-11,18,21H,1,12H2,2H3. The van der Waals surface area contributed by atoms with E-state index in [9.17, 15) is 0 Å². The van der Waals surface area contributed by atoms with E-state index in [0.29, 0.717) is 22.5 Å². The molecule has 7 heteroatoms. The second-order valence-corrected chi connectivity index (χ2v) is 6.76. The van der Waals surface area contributed by atoms with E-state index >= 15 is 0 Å². The van der Waals surface area contributed by atoms with E-state index in [4.69, 9.17) is 9.47 Å². The molecule has 0 fully saturated rings. The van der Waals surface area contributed by atoms with E-state index in [-0.39, 0.29) is 0 Å². The van der Waals surface area contributed by atoms with E-state index in [1.807, 2.05) is 48.5 Å². The maximum absolute atomic E-state index is 6.24. The van der Waals surface area contributed by atoms with Crippen LogP contribution in [-0.4, -0.2) is 28.0 Å². The largest absolute Gasteiger partial charge is 0.496 e. The monoisotopic (exact) mass is 378 g/mol. The summed E-state index contributed by atoms with van der Waals surface area (Å²) in [5.41, 5.74) is 3.28. The van der Waals surface area contributed by atoms with Crippen LogP contribution in [0.4, 0.5) is 5.69 Å². The Balaban J connectivity index is 1.82. The molecule has 6 nitrogen and oxygen atoms in total. The molecule has 1 atom stereocenters. The fourth-order valence-electron chi connectivity index (χ4n) is 2.87. The number of para-hydroxylation sites is 2. The Labute approximate surface area is 161 Å². The minimum Gasteiger partial charge on any atom is -0.496 e. The van der Waals surface area contributed by atoms with Crippen molar-refractivity contribution < 1.29 is 9.47 Å². The molecule has 1 aliphatic rings. The molecule has 1 unspecified atom stereocenters. The fraction of sp³-hybridized carbons (Fsp3) is 0.150. The van der Waals surface area contributed by atoms with Gasteiger partial charge in [0.15, 0.2) is 5.69 Å². The Kier molecular flexibility index (Phi) is 4.93. The predicted molar refractivity (Wildman–Crippen MR) is 106 cm³/mol. The first-order valence-corrected chi connectivity index (χ1v) is 9.42. The molecule has 2 aromatic carbocycles. The van der Waals surface area contributed by atoms with E-state index in [0.717, 1.165) is 22.6 Å². The minimum atomic E-state index is -0.475. The van der Waals surface area contributed by atoms with Crippen LogP contribution in [0.1, 0.15) is 11.8 Å². The Hall–Kier alpha value is -3.06. The highest BCUT2D eigenvalue weighted by atomic mass is 32.2. The molecular weight excluding hydrogens is 360 g/mol. The number of nitrogens with one attached hydrogen (secondary N) is 1. The van der Waals surface area contributed by atoms with Gasteiger partial charge in [0.05, 0.1) is 12.7 Å². The molecular formula is C20H18N4O2S. The number of methoxy groups -OCH3 is 1. The molecule has 0 amide bonds. The highest BCUT2D eigenvalue weighted by Gasteiger charge is 2.27. The lowest BCUT2D eigenvalue weighted by Crippen LogP contribution is -2.18. The van der Waals surface area contributed by atoms with Crippen molar-refractivity contribution in [3.05, 3.63) is 66.7 Å². The van der Waals surface area contributed by atoms with E-state index in [2.05, 4.69) is 27.1 Å². The molecule has 0 bridgehead atoms. The zero-order valence-electron chi connectivity index (χ0n) is 14.8. The molecule has 0 spiro atoms. The third-order valence-corrected chi connectivity index (χ3v) is 4.92. The average Bonchev–Trinajstić information content (AvgIpc) is 2.88. The Morgan fingerprint density at radius 2 is 2.00 bits per heavy atom.